The molecule has 8 heteroatoms. The summed E-state index contributed by atoms with van der Waals surface area (Å²) in [5, 5.41) is 7.38. The second-order valence-electron chi connectivity index (χ2n) is 9.16. The Labute approximate surface area is 212 Å². The van der Waals surface area contributed by atoms with Gasteiger partial charge in [0, 0.05) is 38.2 Å². The van der Waals surface area contributed by atoms with Crippen molar-refractivity contribution in [2.24, 2.45) is 5.92 Å². The fraction of sp³-hybridized carbons (Fsp3) is 0.393. The standard InChI is InChI=1S/C28H35N5O3/c1-5-25(33(3)13-14-35-4)28(34)32-24-15-22-23(16-26(24)36-17-20-11-12-20)29-18-30-27(22)31-19(2)21-9-7-6-8-10-21/h5-10,15-16,18-20H,11-14,17H2,1-4H3,(H,32,34)(H,29,30,31). The summed E-state index contributed by atoms with van der Waals surface area (Å²) in [5.74, 6) is 1.67. The molecular weight excluding hydrogens is 454 g/mol. The van der Waals surface area contributed by atoms with E-state index in [9.17, 15) is 4.79 Å². The van der Waals surface area contributed by atoms with Crippen molar-refractivity contribution in [3.8, 4) is 5.75 Å². The van der Waals surface area contributed by atoms with Crippen LogP contribution in [0.2, 0.25) is 0 Å². The summed E-state index contributed by atoms with van der Waals surface area (Å²) < 4.78 is 11.3. The molecule has 1 atom stereocenters. The predicted molar refractivity (Wildman–Crippen MR) is 143 cm³/mol. The first kappa shape index (κ1) is 25.4. The van der Waals surface area contributed by atoms with Crippen LogP contribution in [-0.2, 0) is 9.53 Å². The molecule has 36 heavy (non-hydrogen) atoms. The fourth-order valence-corrected chi connectivity index (χ4v) is 4.00. The quantitative estimate of drug-likeness (QED) is 0.346. The lowest BCUT2D eigenvalue weighted by molar-refractivity contribution is -0.114. The highest BCUT2D eigenvalue weighted by Gasteiger charge is 2.24. The number of aromatic nitrogens is 2. The molecule has 1 aliphatic carbocycles. The Bertz CT molecular complexity index is 1210. The third-order valence-corrected chi connectivity index (χ3v) is 6.36. The molecule has 1 aromatic heterocycles. The first-order chi connectivity index (χ1) is 17.5. The van der Waals surface area contributed by atoms with Crippen LogP contribution in [0, 0.1) is 5.92 Å². The van der Waals surface area contributed by atoms with Crippen molar-refractivity contribution in [3.63, 3.8) is 0 Å². The van der Waals surface area contributed by atoms with Crippen LogP contribution in [0.25, 0.3) is 10.9 Å². The largest absolute Gasteiger partial charge is 0.491 e. The van der Waals surface area contributed by atoms with E-state index in [0.29, 0.717) is 48.6 Å². The van der Waals surface area contributed by atoms with Gasteiger partial charge in [-0.25, -0.2) is 9.97 Å². The van der Waals surface area contributed by atoms with Gasteiger partial charge in [0.05, 0.1) is 30.1 Å². The molecule has 4 rings (SSSR count). The Hall–Kier alpha value is -3.65. The van der Waals surface area contributed by atoms with Crippen LogP contribution in [0.15, 0.2) is 60.6 Å². The van der Waals surface area contributed by atoms with Crippen LogP contribution >= 0.6 is 0 Å². The van der Waals surface area contributed by atoms with Crippen LogP contribution in [0.5, 0.6) is 5.75 Å². The summed E-state index contributed by atoms with van der Waals surface area (Å²) in [6.07, 6.45) is 5.70. The number of nitrogens with one attached hydrogen (secondary N) is 2. The van der Waals surface area contributed by atoms with Gasteiger partial charge in [-0.15, -0.1) is 0 Å². The van der Waals surface area contributed by atoms with Gasteiger partial charge in [0.15, 0.2) is 0 Å². The minimum absolute atomic E-state index is 0.0391. The minimum atomic E-state index is -0.212. The molecule has 1 aliphatic rings. The normalized spacial score (nSPS) is 14.4. The second kappa shape index (κ2) is 11.9. The molecule has 0 radical (unpaired) electrons. The van der Waals surface area contributed by atoms with Gasteiger partial charge in [0.25, 0.3) is 5.91 Å². The van der Waals surface area contributed by atoms with E-state index >= 15 is 0 Å². The van der Waals surface area contributed by atoms with Crippen molar-refractivity contribution >= 4 is 28.3 Å². The van der Waals surface area contributed by atoms with Gasteiger partial charge in [-0.2, -0.15) is 0 Å². The van der Waals surface area contributed by atoms with Gasteiger partial charge in [0.1, 0.15) is 17.9 Å². The molecule has 8 nitrogen and oxygen atoms in total. The maximum absolute atomic E-state index is 13.3. The maximum Gasteiger partial charge on any atom is 0.271 e. The number of hydrogen-bond donors (Lipinski definition) is 2. The molecule has 190 valence electrons. The van der Waals surface area contributed by atoms with E-state index in [1.165, 1.54) is 12.8 Å². The highest BCUT2D eigenvalue weighted by Crippen LogP contribution is 2.36. The molecule has 1 fully saturated rings. The molecular formula is C28H35N5O3. The van der Waals surface area contributed by atoms with E-state index in [-0.39, 0.29) is 11.9 Å². The average molecular weight is 490 g/mol. The number of carbonyl (C=O) groups excluding carboxylic acids is 1. The smallest absolute Gasteiger partial charge is 0.271 e. The SMILES string of the molecule is CC=C(C(=O)Nc1cc2c(NC(C)c3ccccc3)ncnc2cc1OCC1CC1)N(C)CCOC. The van der Waals surface area contributed by atoms with Gasteiger partial charge in [-0.05, 0) is 44.2 Å². The fourth-order valence-electron chi connectivity index (χ4n) is 4.00. The Morgan fingerprint density at radius 3 is 2.69 bits per heavy atom. The van der Waals surface area contributed by atoms with Crippen LogP contribution in [-0.4, -0.2) is 54.7 Å². The van der Waals surface area contributed by atoms with Gasteiger partial charge in [-0.3, -0.25) is 4.79 Å². The third-order valence-electron chi connectivity index (χ3n) is 6.36. The molecule has 1 unspecified atom stereocenters. The number of fused-ring (bicyclic) bond motifs is 1. The first-order valence-electron chi connectivity index (χ1n) is 12.4. The Morgan fingerprint density at radius 1 is 1.22 bits per heavy atom. The zero-order valence-electron chi connectivity index (χ0n) is 21.5. The summed E-state index contributed by atoms with van der Waals surface area (Å²) in [4.78, 5) is 24.1. The van der Waals surface area contributed by atoms with Crippen LogP contribution in [0.3, 0.4) is 0 Å². The first-order valence-corrected chi connectivity index (χ1v) is 12.4. The predicted octanol–water partition coefficient (Wildman–Crippen LogP) is 5.01. The van der Waals surface area contributed by atoms with E-state index in [1.54, 1.807) is 19.5 Å². The molecule has 3 aromatic rings. The zero-order valence-corrected chi connectivity index (χ0v) is 21.5. The number of carbonyl (C=O) groups is 1. The van der Waals surface area contributed by atoms with Gasteiger partial charge in [-0.1, -0.05) is 36.4 Å². The number of benzene rings is 2. The van der Waals surface area contributed by atoms with E-state index < -0.39 is 0 Å². The molecule has 0 aliphatic heterocycles. The lowest BCUT2D eigenvalue weighted by atomic mass is 10.1. The molecule has 0 bridgehead atoms. The van der Waals surface area contributed by atoms with E-state index in [2.05, 4.69) is 39.7 Å². The number of hydrogen-bond acceptors (Lipinski definition) is 7. The molecule has 1 amide bonds. The number of methoxy groups -OCH3 is 1. The number of rotatable bonds is 12. The van der Waals surface area contributed by atoms with E-state index in [1.807, 2.05) is 49.2 Å². The summed E-state index contributed by atoms with van der Waals surface area (Å²) in [5.41, 5.74) is 3.05. The van der Waals surface area contributed by atoms with E-state index in [4.69, 9.17) is 9.47 Å². The van der Waals surface area contributed by atoms with Crippen LogP contribution < -0.4 is 15.4 Å². The average Bonchev–Trinajstić information content (AvgIpc) is 3.72. The Balaban J connectivity index is 1.65. The molecule has 2 aromatic carbocycles. The summed E-state index contributed by atoms with van der Waals surface area (Å²) in [6.45, 7) is 5.70. The van der Waals surface area contributed by atoms with Crippen molar-refractivity contribution in [1.29, 1.82) is 0 Å². The van der Waals surface area contributed by atoms with Crippen molar-refractivity contribution in [3.05, 3.63) is 66.1 Å². The molecule has 1 saturated carbocycles. The summed E-state index contributed by atoms with van der Waals surface area (Å²) in [7, 11) is 3.52. The highest BCUT2D eigenvalue weighted by molar-refractivity contribution is 6.06. The number of nitrogens with zero attached hydrogens (tertiary/aromatic N) is 3. The van der Waals surface area contributed by atoms with Crippen LogP contribution in [0.1, 0.15) is 38.3 Å². The number of ether oxygens (including phenoxy) is 2. The zero-order chi connectivity index (χ0) is 25.5. The molecule has 2 N–H and O–H groups in total. The van der Waals surface area contributed by atoms with Crippen LogP contribution in [0.4, 0.5) is 11.5 Å². The number of likely N-dealkylation sites (N-methyl/N-ethyl adjacent to an activating group) is 1. The Morgan fingerprint density at radius 2 is 2.00 bits per heavy atom. The topological polar surface area (TPSA) is 88.6 Å². The van der Waals surface area contributed by atoms with Gasteiger partial charge in [0.2, 0.25) is 0 Å². The van der Waals surface area contributed by atoms with Gasteiger partial charge < -0.3 is 25.0 Å². The van der Waals surface area contributed by atoms with E-state index in [0.717, 1.165) is 16.5 Å². The van der Waals surface area contributed by atoms with Crippen molar-refractivity contribution in [1.82, 2.24) is 14.9 Å². The monoisotopic (exact) mass is 489 g/mol. The molecule has 1 heterocycles. The number of anilines is 2. The minimum Gasteiger partial charge on any atom is -0.491 e. The summed E-state index contributed by atoms with van der Waals surface area (Å²) in [6, 6.07) is 14.0. The lowest BCUT2D eigenvalue weighted by Gasteiger charge is -2.22. The second-order valence-corrected chi connectivity index (χ2v) is 9.16. The number of amides is 1. The Kier molecular flexibility index (Phi) is 8.38. The van der Waals surface area contributed by atoms with Crippen molar-refractivity contribution in [2.75, 3.05) is 44.5 Å². The van der Waals surface area contributed by atoms with Crippen molar-refractivity contribution < 1.29 is 14.3 Å². The third kappa shape index (κ3) is 6.31. The lowest BCUT2D eigenvalue weighted by Crippen LogP contribution is -2.30. The summed E-state index contributed by atoms with van der Waals surface area (Å²) >= 11 is 0. The molecule has 0 spiro atoms. The number of allylic oxidation sites excluding steroid dienone is 1. The van der Waals surface area contributed by atoms with Crippen molar-refractivity contribution in [2.45, 2.75) is 32.7 Å². The molecule has 0 saturated heterocycles. The highest BCUT2D eigenvalue weighted by atomic mass is 16.5. The van der Waals surface area contributed by atoms with Gasteiger partial charge >= 0.3 is 0 Å². The maximum atomic E-state index is 13.3.